The number of halogens is 2. The molecule has 27 heavy (non-hydrogen) atoms. The van der Waals surface area contributed by atoms with E-state index in [9.17, 15) is 9.59 Å². The maximum atomic E-state index is 13.1. The molecule has 0 bridgehead atoms. The molecule has 1 aromatic heterocycles. The zero-order valence-electron chi connectivity index (χ0n) is 15.2. The third-order valence-corrected chi connectivity index (χ3v) is 6.56. The second-order valence-corrected chi connectivity index (χ2v) is 10.4. The van der Waals surface area contributed by atoms with Gasteiger partial charge in [0.15, 0.2) is 6.17 Å². The van der Waals surface area contributed by atoms with Crippen LogP contribution in [0.15, 0.2) is 32.3 Å². The molecule has 2 heterocycles. The minimum Gasteiger partial charge on any atom is -0.333 e. The van der Waals surface area contributed by atoms with Crippen molar-refractivity contribution in [3.63, 3.8) is 0 Å². The normalized spacial score (nSPS) is 19.3. The lowest BCUT2D eigenvalue weighted by atomic mass is 10.1. The fourth-order valence-corrected chi connectivity index (χ4v) is 5.30. The van der Waals surface area contributed by atoms with E-state index in [1.807, 2.05) is 18.7 Å². The molecule has 0 radical (unpaired) electrons. The maximum Gasteiger partial charge on any atom is 0.447 e. The van der Waals surface area contributed by atoms with E-state index < -0.39 is 22.4 Å². The first-order valence-corrected chi connectivity index (χ1v) is 10.3. The summed E-state index contributed by atoms with van der Waals surface area (Å²) < 4.78 is 7.65. The predicted octanol–water partition coefficient (Wildman–Crippen LogP) is 4.17. The monoisotopic (exact) mass is 447 g/mol. The minimum absolute atomic E-state index is 0.243. The van der Waals surface area contributed by atoms with Gasteiger partial charge in [0.1, 0.15) is 4.32 Å². The average molecular weight is 448 g/mol. The topological polar surface area (TPSA) is 60.4 Å². The predicted molar refractivity (Wildman–Crippen MR) is 113 cm³/mol. The van der Waals surface area contributed by atoms with Gasteiger partial charge in [0.05, 0.1) is 20.5 Å². The van der Waals surface area contributed by atoms with Crippen molar-refractivity contribution in [1.29, 1.82) is 0 Å². The number of hydrogen-bond acceptors (Lipinski definition) is 5. The highest BCUT2D eigenvalue weighted by Gasteiger charge is 2.48. The molecule has 2 aromatic rings. The molecule has 1 fully saturated rings. The second-order valence-electron chi connectivity index (χ2n) is 7.29. The standard InChI is InChI=1S/C17H19Cl2N3O3S2/c1-9(2)8-20-13(17(3,4)27-16(20)26)22-14(23)21(15(24)25-22)10-5-6-11(18)12(19)7-10/h5-7,9,13H,8H2,1-4H3. The van der Waals surface area contributed by atoms with Crippen LogP contribution in [0.2, 0.25) is 10.0 Å². The van der Waals surface area contributed by atoms with Gasteiger partial charge < -0.3 is 9.42 Å². The van der Waals surface area contributed by atoms with Crippen LogP contribution in [0.1, 0.15) is 33.9 Å². The lowest BCUT2D eigenvalue weighted by Gasteiger charge is -2.31. The van der Waals surface area contributed by atoms with Crippen molar-refractivity contribution in [1.82, 2.24) is 14.2 Å². The molecule has 0 amide bonds. The molecule has 0 spiro atoms. The highest BCUT2D eigenvalue weighted by atomic mass is 35.5. The van der Waals surface area contributed by atoms with Gasteiger partial charge in [0, 0.05) is 6.54 Å². The van der Waals surface area contributed by atoms with Crippen molar-refractivity contribution in [2.24, 2.45) is 5.92 Å². The number of aromatic nitrogens is 2. The number of thiocarbonyl (C=S) groups is 1. The quantitative estimate of drug-likeness (QED) is 0.655. The first kappa shape index (κ1) is 20.5. The van der Waals surface area contributed by atoms with Gasteiger partial charge in [-0.1, -0.05) is 61.0 Å². The molecule has 6 nitrogen and oxygen atoms in total. The lowest BCUT2D eigenvalue weighted by Crippen LogP contribution is -2.43. The van der Waals surface area contributed by atoms with Gasteiger partial charge in [-0.05, 0) is 38.0 Å². The Morgan fingerprint density at radius 3 is 2.52 bits per heavy atom. The van der Waals surface area contributed by atoms with E-state index in [0.717, 1.165) is 9.31 Å². The molecular weight excluding hydrogens is 429 g/mol. The summed E-state index contributed by atoms with van der Waals surface area (Å²) in [5.41, 5.74) is -0.293. The summed E-state index contributed by atoms with van der Waals surface area (Å²) in [4.78, 5) is 27.5. The van der Waals surface area contributed by atoms with Crippen molar-refractivity contribution in [2.45, 2.75) is 38.6 Å². The number of hydrogen-bond donors (Lipinski definition) is 0. The number of thioether (sulfide) groups is 1. The Hall–Kier alpha value is -1.22. The van der Waals surface area contributed by atoms with Crippen LogP contribution in [-0.2, 0) is 0 Å². The Labute approximate surface area is 176 Å². The molecule has 146 valence electrons. The summed E-state index contributed by atoms with van der Waals surface area (Å²) in [5.74, 6) is -0.471. The Bertz CT molecular complexity index is 1010. The fourth-order valence-electron chi connectivity index (χ4n) is 3.12. The molecule has 1 aromatic carbocycles. The van der Waals surface area contributed by atoms with Gasteiger partial charge in [-0.15, -0.1) is 4.74 Å². The highest BCUT2D eigenvalue weighted by Crippen LogP contribution is 2.47. The molecule has 3 rings (SSSR count). The molecule has 0 saturated carbocycles. The molecule has 0 N–H and O–H groups in total. The first-order chi connectivity index (χ1) is 12.5. The van der Waals surface area contributed by atoms with Crippen molar-refractivity contribution < 1.29 is 4.52 Å². The first-order valence-electron chi connectivity index (χ1n) is 8.33. The largest absolute Gasteiger partial charge is 0.447 e. The molecule has 10 heteroatoms. The van der Waals surface area contributed by atoms with Gasteiger partial charge >= 0.3 is 11.4 Å². The number of rotatable bonds is 4. The van der Waals surface area contributed by atoms with Crippen molar-refractivity contribution >= 4 is 51.5 Å². The smallest absolute Gasteiger partial charge is 0.333 e. The third-order valence-electron chi connectivity index (χ3n) is 4.19. The molecule has 1 unspecified atom stereocenters. The van der Waals surface area contributed by atoms with Crippen LogP contribution in [0.4, 0.5) is 0 Å². The molecule has 0 aliphatic carbocycles. The summed E-state index contributed by atoms with van der Waals surface area (Å²) in [6.45, 7) is 8.72. The van der Waals surface area contributed by atoms with E-state index in [0.29, 0.717) is 27.5 Å². The number of nitrogens with zero attached hydrogens (tertiary/aromatic N) is 3. The highest BCUT2D eigenvalue weighted by molar-refractivity contribution is 8.24. The van der Waals surface area contributed by atoms with Crippen molar-refractivity contribution in [3.05, 3.63) is 49.3 Å². The van der Waals surface area contributed by atoms with E-state index in [1.165, 1.54) is 23.9 Å². The Morgan fingerprint density at radius 2 is 1.93 bits per heavy atom. The summed E-state index contributed by atoms with van der Waals surface area (Å²) >= 11 is 19.0. The Kier molecular flexibility index (Phi) is 5.55. The van der Waals surface area contributed by atoms with E-state index in [1.54, 1.807) is 6.07 Å². The SMILES string of the molecule is CC(C)CN1C(=S)SC(C)(C)C1n1oc(=O)n(-c2ccc(Cl)c(Cl)c2)c1=O. The van der Waals surface area contributed by atoms with Crippen LogP contribution < -0.4 is 11.4 Å². The third kappa shape index (κ3) is 3.72. The van der Waals surface area contributed by atoms with E-state index in [2.05, 4.69) is 13.8 Å². The molecule has 1 saturated heterocycles. The Balaban J connectivity index is 2.15. The van der Waals surface area contributed by atoms with E-state index in [4.69, 9.17) is 39.9 Å². The van der Waals surface area contributed by atoms with Crippen LogP contribution in [0.3, 0.4) is 0 Å². The molecule has 1 aliphatic heterocycles. The van der Waals surface area contributed by atoms with Crippen molar-refractivity contribution in [3.8, 4) is 5.69 Å². The maximum absolute atomic E-state index is 13.1. The lowest BCUT2D eigenvalue weighted by molar-refractivity contribution is 0.0842. The van der Waals surface area contributed by atoms with E-state index in [-0.39, 0.29) is 5.02 Å². The van der Waals surface area contributed by atoms with Crippen LogP contribution >= 0.6 is 47.2 Å². The number of benzene rings is 1. The zero-order chi connectivity index (χ0) is 20.1. The summed E-state index contributed by atoms with van der Waals surface area (Å²) in [6.07, 6.45) is -0.512. The van der Waals surface area contributed by atoms with Crippen LogP contribution in [0.25, 0.3) is 5.69 Å². The summed E-state index contributed by atoms with van der Waals surface area (Å²) in [5, 5.41) is 0.576. The Morgan fingerprint density at radius 1 is 1.26 bits per heavy atom. The summed E-state index contributed by atoms with van der Waals surface area (Å²) in [6, 6.07) is 4.53. The minimum atomic E-state index is -0.790. The van der Waals surface area contributed by atoms with Crippen LogP contribution in [-0.4, -0.2) is 29.8 Å². The van der Waals surface area contributed by atoms with Gasteiger partial charge in [-0.3, -0.25) is 0 Å². The van der Waals surface area contributed by atoms with Crippen molar-refractivity contribution in [2.75, 3.05) is 6.54 Å². The average Bonchev–Trinajstić information content (AvgIpc) is 2.94. The molecule has 1 aliphatic rings. The molecular formula is C17H19Cl2N3O3S2. The zero-order valence-corrected chi connectivity index (χ0v) is 18.4. The van der Waals surface area contributed by atoms with Gasteiger partial charge in [-0.2, -0.15) is 4.57 Å². The van der Waals surface area contributed by atoms with Crippen LogP contribution in [0.5, 0.6) is 0 Å². The van der Waals surface area contributed by atoms with E-state index >= 15 is 0 Å². The van der Waals surface area contributed by atoms with Crippen LogP contribution in [0, 0.1) is 5.92 Å². The van der Waals surface area contributed by atoms with Gasteiger partial charge in [-0.25, -0.2) is 9.59 Å². The fraction of sp³-hybridized carbons (Fsp3) is 0.471. The van der Waals surface area contributed by atoms with Gasteiger partial charge in [0.25, 0.3) is 0 Å². The molecule has 1 atom stereocenters. The van der Waals surface area contributed by atoms with Gasteiger partial charge in [0.2, 0.25) is 0 Å². The summed E-state index contributed by atoms with van der Waals surface area (Å²) in [7, 11) is 0. The second kappa shape index (κ2) is 7.31.